The predicted octanol–water partition coefficient (Wildman–Crippen LogP) is 5.37. The number of aromatic nitrogens is 3. The SMILES string of the molecule is COc1cc(Cl)c(C(F)(F)F)cc1NC(=O)Nc1ccc(Oc2ccnc3[nH]c(=O)[nH]c23)cc1. The highest BCUT2D eigenvalue weighted by Gasteiger charge is 2.34. The number of aromatic amines is 2. The first kappa shape index (κ1) is 23.0. The van der Waals surface area contributed by atoms with E-state index >= 15 is 0 Å². The zero-order valence-corrected chi connectivity index (χ0v) is 18.0. The normalized spacial score (nSPS) is 11.3. The van der Waals surface area contributed by atoms with Crippen molar-refractivity contribution in [2.75, 3.05) is 17.7 Å². The lowest BCUT2D eigenvalue weighted by molar-refractivity contribution is -0.137. The number of rotatable bonds is 5. The molecule has 2 aromatic carbocycles. The van der Waals surface area contributed by atoms with Crippen molar-refractivity contribution in [3.8, 4) is 17.2 Å². The van der Waals surface area contributed by atoms with Gasteiger partial charge in [-0.1, -0.05) is 11.6 Å². The zero-order valence-electron chi connectivity index (χ0n) is 17.2. The van der Waals surface area contributed by atoms with Crippen molar-refractivity contribution in [1.29, 1.82) is 0 Å². The lowest BCUT2D eigenvalue weighted by atomic mass is 10.1. The second-order valence-corrected chi connectivity index (χ2v) is 7.25. The first-order valence-corrected chi connectivity index (χ1v) is 9.89. The summed E-state index contributed by atoms with van der Waals surface area (Å²) in [5.41, 5.74) is -0.680. The van der Waals surface area contributed by atoms with Crippen molar-refractivity contribution in [3.05, 3.63) is 69.7 Å². The monoisotopic (exact) mass is 493 g/mol. The largest absolute Gasteiger partial charge is 0.495 e. The van der Waals surface area contributed by atoms with Gasteiger partial charge in [-0.05, 0) is 30.3 Å². The summed E-state index contributed by atoms with van der Waals surface area (Å²) in [6, 6.07) is 8.58. The number of methoxy groups -OCH3 is 1. The molecule has 4 N–H and O–H groups in total. The van der Waals surface area contributed by atoms with Gasteiger partial charge in [0.15, 0.2) is 11.4 Å². The van der Waals surface area contributed by atoms with E-state index in [4.69, 9.17) is 21.1 Å². The average molecular weight is 494 g/mol. The summed E-state index contributed by atoms with van der Waals surface area (Å²) in [6.45, 7) is 0. The molecule has 4 rings (SSSR count). The molecule has 34 heavy (non-hydrogen) atoms. The Morgan fingerprint density at radius 3 is 2.47 bits per heavy atom. The molecular formula is C21H15ClF3N5O4. The van der Waals surface area contributed by atoms with Crippen LogP contribution < -0.4 is 25.8 Å². The van der Waals surface area contributed by atoms with Gasteiger partial charge < -0.3 is 25.1 Å². The molecule has 4 aromatic rings. The number of pyridine rings is 1. The van der Waals surface area contributed by atoms with Crippen molar-refractivity contribution in [3.63, 3.8) is 0 Å². The number of nitrogens with one attached hydrogen (secondary N) is 4. The second kappa shape index (κ2) is 8.98. The number of alkyl halides is 3. The number of nitrogens with zero attached hydrogens (tertiary/aromatic N) is 1. The van der Waals surface area contributed by atoms with E-state index in [1.165, 1.54) is 25.4 Å². The maximum atomic E-state index is 13.1. The summed E-state index contributed by atoms with van der Waals surface area (Å²) in [4.78, 5) is 33.0. The summed E-state index contributed by atoms with van der Waals surface area (Å²) in [6.07, 6.45) is -3.24. The lowest BCUT2D eigenvalue weighted by Crippen LogP contribution is -2.20. The van der Waals surface area contributed by atoms with E-state index in [2.05, 4.69) is 25.6 Å². The Hall–Kier alpha value is -4.19. The highest BCUT2D eigenvalue weighted by atomic mass is 35.5. The van der Waals surface area contributed by atoms with Gasteiger partial charge in [0.05, 0.1) is 23.4 Å². The minimum absolute atomic E-state index is 0.0386. The number of hydrogen-bond donors (Lipinski definition) is 4. The molecular weight excluding hydrogens is 479 g/mol. The van der Waals surface area contributed by atoms with E-state index in [0.717, 1.165) is 6.07 Å². The van der Waals surface area contributed by atoms with Crippen LogP contribution in [0.15, 0.2) is 53.5 Å². The minimum Gasteiger partial charge on any atom is -0.495 e. The topological polar surface area (TPSA) is 121 Å². The molecule has 0 spiro atoms. The molecule has 0 saturated carbocycles. The molecule has 2 amide bonds. The van der Waals surface area contributed by atoms with Gasteiger partial charge in [0.2, 0.25) is 0 Å². The lowest BCUT2D eigenvalue weighted by Gasteiger charge is -2.16. The third-order valence-corrected chi connectivity index (χ3v) is 4.88. The van der Waals surface area contributed by atoms with Crippen molar-refractivity contribution in [1.82, 2.24) is 15.0 Å². The number of imidazole rings is 1. The van der Waals surface area contributed by atoms with Crippen molar-refractivity contribution in [2.24, 2.45) is 0 Å². The Balaban J connectivity index is 1.47. The van der Waals surface area contributed by atoms with Gasteiger partial charge in [0.1, 0.15) is 17.0 Å². The van der Waals surface area contributed by atoms with Gasteiger partial charge in [-0.15, -0.1) is 0 Å². The zero-order chi connectivity index (χ0) is 24.5. The fourth-order valence-corrected chi connectivity index (χ4v) is 3.31. The highest BCUT2D eigenvalue weighted by molar-refractivity contribution is 6.31. The van der Waals surface area contributed by atoms with E-state index in [1.54, 1.807) is 18.2 Å². The third-order valence-electron chi connectivity index (χ3n) is 4.57. The molecule has 9 nitrogen and oxygen atoms in total. The number of halogens is 4. The number of benzene rings is 2. The van der Waals surface area contributed by atoms with E-state index in [-0.39, 0.29) is 11.4 Å². The number of hydrogen-bond acceptors (Lipinski definition) is 5. The van der Waals surface area contributed by atoms with Crippen molar-refractivity contribution < 1.29 is 27.4 Å². The summed E-state index contributed by atoms with van der Waals surface area (Å²) >= 11 is 5.67. The Morgan fingerprint density at radius 1 is 1.06 bits per heavy atom. The van der Waals surface area contributed by atoms with Crippen LogP contribution in [0, 0.1) is 0 Å². The van der Waals surface area contributed by atoms with E-state index in [9.17, 15) is 22.8 Å². The molecule has 176 valence electrons. The van der Waals surface area contributed by atoms with Gasteiger partial charge in [-0.3, -0.25) is 4.98 Å². The van der Waals surface area contributed by atoms with Crippen LogP contribution in [0.4, 0.5) is 29.3 Å². The van der Waals surface area contributed by atoms with Gasteiger partial charge in [-0.25, -0.2) is 14.6 Å². The molecule has 0 unspecified atom stereocenters. The quantitative estimate of drug-likeness (QED) is 0.298. The number of amides is 2. The van der Waals surface area contributed by atoms with E-state index < -0.39 is 28.5 Å². The van der Waals surface area contributed by atoms with Crippen LogP contribution in [0.3, 0.4) is 0 Å². The van der Waals surface area contributed by atoms with Crippen LogP contribution in [0.5, 0.6) is 17.2 Å². The maximum Gasteiger partial charge on any atom is 0.417 e. The fraction of sp³-hybridized carbons (Fsp3) is 0.0952. The van der Waals surface area contributed by atoms with Gasteiger partial charge in [0.25, 0.3) is 0 Å². The predicted molar refractivity (Wildman–Crippen MR) is 119 cm³/mol. The molecule has 0 saturated heterocycles. The van der Waals surface area contributed by atoms with Crippen LogP contribution in [-0.2, 0) is 6.18 Å². The fourth-order valence-electron chi connectivity index (χ4n) is 3.05. The summed E-state index contributed by atoms with van der Waals surface area (Å²) in [5, 5.41) is 4.26. The number of fused-ring (bicyclic) bond motifs is 1. The molecule has 0 bridgehead atoms. The Labute approximate surface area is 193 Å². The molecule has 13 heteroatoms. The van der Waals surface area contributed by atoms with E-state index in [0.29, 0.717) is 34.4 Å². The number of carbonyl (C=O) groups excluding carboxylic acids is 1. The summed E-state index contributed by atoms with van der Waals surface area (Å²) in [7, 11) is 1.24. The number of H-pyrrole nitrogens is 2. The molecule has 0 aliphatic heterocycles. The first-order chi connectivity index (χ1) is 16.1. The Bertz CT molecular complexity index is 1420. The van der Waals surface area contributed by atoms with Crippen LogP contribution >= 0.6 is 11.6 Å². The van der Waals surface area contributed by atoms with Crippen LogP contribution in [-0.4, -0.2) is 28.1 Å². The minimum atomic E-state index is -4.71. The standard InChI is InChI=1S/C21H15ClF3N5O4/c1-33-16-9-13(22)12(21(23,24)25)8-14(16)28-19(31)27-10-2-4-11(5-3-10)34-15-6-7-26-18-17(15)29-20(32)30-18/h2-9H,1H3,(H2,27,28,31)(H2,26,29,30,32). The second-order valence-electron chi connectivity index (χ2n) is 6.85. The number of urea groups is 1. The van der Waals surface area contributed by atoms with E-state index in [1.807, 2.05) is 0 Å². The Kier molecular flexibility index (Phi) is 6.07. The smallest absolute Gasteiger partial charge is 0.417 e. The summed E-state index contributed by atoms with van der Waals surface area (Å²) < 4.78 is 50.2. The molecule has 0 fully saturated rings. The van der Waals surface area contributed by atoms with Gasteiger partial charge in [-0.2, -0.15) is 13.2 Å². The molecule has 0 radical (unpaired) electrons. The van der Waals surface area contributed by atoms with Crippen LogP contribution in [0.25, 0.3) is 11.2 Å². The van der Waals surface area contributed by atoms with Crippen molar-refractivity contribution in [2.45, 2.75) is 6.18 Å². The highest BCUT2D eigenvalue weighted by Crippen LogP contribution is 2.40. The van der Waals surface area contributed by atoms with Crippen LogP contribution in [0.1, 0.15) is 5.56 Å². The molecule has 0 aliphatic rings. The molecule has 2 aromatic heterocycles. The van der Waals surface area contributed by atoms with Crippen molar-refractivity contribution >= 4 is 40.2 Å². The first-order valence-electron chi connectivity index (χ1n) is 9.51. The van der Waals surface area contributed by atoms with Gasteiger partial charge >= 0.3 is 17.9 Å². The number of carbonyl (C=O) groups is 1. The number of ether oxygens (including phenoxy) is 2. The van der Waals surface area contributed by atoms with Gasteiger partial charge in [0, 0.05) is 24.0 Å². The molecule has 0 aliphatic carbocycles. The molecule has 0 atom stereocenters. The molecule has 2 heterocycles. The third kappa shape index (κ3) is 4.91. The number of anilines is 2. The van der Waals surface area contributed by atoms with Crippen LogP contribution in [0.2, 0.25) is 5.02 Å². The summed E-state index contributed by atoms with van der Waals surface area (Å²) in [5.74, 6) is 0.718. The average Bonchev–Trinajstić information content (AvgIpc) is 3.16. The Morgan fingerprint density at radius 2 is 1.79 bits per heavy atom. The maximum absolute atomic E-state index is 13.1.